The highest BCUT2D eigenvalue weighted by atomic mass is 16.6. The van der Waals surface area contributed by atoms with Crippen LogP contribution in [0, 0.1) is 0 Å². The standard InChI is InChI=1S/C56H102O6/c1-4-7-10-13-16-19-22-24-26-27-28-30-31-34-37-40-43-46-49-55(58)61-52-53(51-60-54(57)48-45-42-39-36-33-21-18-15-12-9-6-3)62-56(59)50-47-44-41-38-35-32-29-25-23-20-17-14-11-8-5-2/h15,18,26-28,30,53H,4-14,16-17,19-25,29,31-52H2,1-3H3/b18-15-,27-26-,30-28-. The summed E-state index contributed by atoms with van der Waals surface area (Å²) < 4.78 is 16.8. The van der Waals surface area contributed by atoms with E-state index in [0.29, 0.717) is 19.3 Å². The van der Waals surface area contributed by atoms with E-state index >= 15 is 0 Å². The van der Waals surface area contributed by atoms with E-state index in [9.17, 15) is 14.4 Å². The molecule has 0 heterocycles. The molecular formula is C56H102O6. The van der Waals surface area contributed by atoms with Crippen molar-refractivity contribution in [1.82, 2.24) is 0 Å². The van der Waals surface area contributed by atoms with Crippen LogP contribution in [0.1, 0.15) is 284 Å². The van der Waals surface area contributed by atoms with Crippen LogP contribution in [0.4, 0.5) is 0 Å². The van der Waals surface area contributed by atoms with Crippen LogP contribution in [0.15, 0.2) is 36.5 Å². The molecule has 0 fully saturated rings. The summed E-state index contributed by atoms with van der Waals surface area (Å²) >= 11 is 0. The third-order valence-corrected chi connectivity index (χ3v) is 11.9. The van der Waals surface area contributed by atoms with Crippen molar-refractivity contribution in [3.63, 3.8) is 0 Å². The van der Waals surface area contributed by atoms with Gasteiger partial charge in [-0.05, 0) is 64.2 Å². The minimum Gasteiger partial charge on any atom is -0.462 e. The van der Waals surface area contributed by atoms with E-state index < -0.39 is 6.10 Å². The molecule has 0 aliphatic carbocycles. The molecule has 0 aromatic heterocycles. The lowest BCUT2D eigenvalue weighted by Crippen LogP contribution is -2.30. The Labute approximate surface area is 385 Å². The first-order chi connectivity index (χ1) is 30.5. The van der Waals surface area contributed by atoms with Gasteiger partial charge in [-0.1, -0.05) is 237 Å². The number of carbonyl (C=O) groups is 3. The second-order valence-corrected chi connectivity index (χ2v) is 18.2. The average molecular weight is 871 g/mol. The van der Waals surface area contributed by atoms with Gasteiger partial charge in [0.1, 0.15) is 13.2 Å². The summed E-state index contributed by atoms with van der Waals surface area (Å²) in [5, 5.41) is 0. The molecule has 0 amide bonds. The van der Waals surface area contributed by atoms with Crippen molar-refractivity contribution >= 4 is 17.9 Å². The Morgan fingerprint density at radius 1 is 0.323 bits per heavy atom. The molecule has 6 nitrogen and oxygen atoms in total. The number of hydrogen-bond acceptors (Lipinski definition) is 6. The van der Waals surface area contributed by atoms with Gasteiger partial charge < -0.3 is 14.2 Å². The number of allylic oxidation sites excluding steroid dienone is 6. The molecule has 0 saturated heterocycles. The van der Waals surface area contributed by atoms with Gasteiger partial charge in [-0.15, -0.1) is 0 Å². The molecule has 0 aromatic rings. The van der Waals surface area contributed by atoms with Crippen LogP contribution in [0.25, 0.3) is 0 Å². The minimum atomic E-state index is -0.777. The SMILES string of the molecule is CCCC/C=C\CCCCCCCC(=O)OCC(COC(=O)CCCCCCC/C=C\C=C/CCCCCCCCC)OC(=O)CCCCCCCCCCCCCCCCC. The maximum Gasteiger partial charge on any atom is 0.306 e. The smallest absolute Gasteiger partial charge is 0.306 e. The minimum absolute atomic E-state index is 0.0789. The van der Waals surface area contributed by atoms with Gasteiger partial charge in [0.2, 0.25) is 0 Å². The lowest BCUT2D eigenvalue weighted by Gasteiger charge is -2.18. The van der Waals surface area contributed by atoms with Crippen LogP contribution in [0.5, 0.6) is 0 Å². The number of hydrogen-bond donors (Lipinski definition) is 0. The fraction of sp³-hybridized carbons (Fsp3) is 0.839. The largest absolute Gasteiger partial charge is 0.462 e. The van der Waals surface area contributed by atoms with Crippen LogP contribution in [-0.2, 0) is 28.6 Å². The van der Waals surface area contributed by atoms with Crippen molar-refractivity contribution in [3.05, 3.63) is 36.5 Å². The Balaban J connectivity index is 4.35. The Morgan fingerprint density at radius 2 is 0.597 bits per heavy atom. The van der Waals surface area contributed by atoms with E-state index in [-0.39, 0.29) is 31.1 Å². The molecule has 0 saturated carbocycles. The zero-order chi connectivity index (χ0) is 45.1. The summed E-state index contributed by atoms with van der Waals surface area (Å²) in [6.07, 6.45) is 59.9. The van der Waals surface area contributed by atoms with Crippen molar-refractivity contribution < 1.29 is 28.6 Å². The number of carbonyl (C=O) groups excluding carboxylic acids is 3. The third-order valence-electron chi connectivity index (χ3n) is 11.9. The quantitative estimate of drug-likeness (QED) is 0.0199. The van der Waals surface area contributed by atoms with Gasteiger partial charge in [0, 0.05) is 19.3 Å². The van der Waals surface area contributed by atoms with Crippen molar-refractivity contribution in [1.29, 1.82) is 0 Å². The van der Waals surface area contributed by atoms with Crippen molar-refractivity contribution in [3.8, 4) is 0 Å². The third kappa shape index (κ3) is 48.7. The van der Waals surface area contributed by atoms with Crippen molar-refractivity contribution in [2.24, 2.45) is 0 Å². The highest BCUT2D eigenvalue weighted by Crippen LogP contribution is 2.16. The number of ether oxygens (including phenoxy) is 3. The summed E-state index contributed by atoms with van der Waals surface area (Å²) in [6.45, 7) is 6.60. The first-order valence-electron chi connectivity index (χ1n) is 27.0. The molecule has 0 radical (unpaired) electrons. The Bertz CT molecular complexity index is 1050. The van der Waals surface area contributed by atoms with Gasteiger partial charge >= 0.3 is 17.9 Å². The monoisotopic (exact) mass is 871 g/mol. The summed E-state index contributed by atoms with van der Waals surface area (Å²) in [5.74, 6) is -0.891. The molecule has 0 aromatic carbocycles. The molecule has 362 valence electrons. The maximum absolute atomic E-state index is 12.8. The first-order valence-corrected chi connectivity index (χ1v) is 27.0. The van der Waals surface area contributed by atoms with E-state index in [2.05, 4.69) is 57.2 Å². The number of rotatable bonds is 49. The summed E-state index contributed by atoms with van der Waals surface area (Å²) in [6, 6.07) is 0. The molecule has 1 atom stereocenters. The zero-order valence-electron chi connectivity index (χ0n) is 41.4. The van der Waals surface area contributed by atoms with Crippen LogP contribution in [0.2, 0.25) is 0 Å². The van der Waals surface area contributed by atoms with Gasteiger partial charge in [0.25, 0.3) is 0 Å². The lowest BCUT2D eigenvalue weighted by atomic mass is 10.0. The molecule has 6 heteroatoms. The Hall–Kier alpha value is -2.37. The van der Waals surface area contributed by atoms with Crippen molar-refractivity contribution in [2.75, 3.05) is 13.2 Å². The molecule has 1 unspecified atom stereocenters. The fourth-order valence-corrected chi connectivity index (χ4v) is 7.77. The molecule has 62 heavy (non-hydrogen) atoms. The Kier molecular flexibility index (Phi) is 49.3. The van der Waals surface area contributed by atoms with Crippen LogP contribution < -0.4 is 0 Å². The normalized spacial score (nSPS) is 12.2. The van der Waals surface area contributed by atoms with Gasteiger partial charge in [-0.2, -0.15) is 0 Å². The molecule has 0 spiro atoms. The summed E-state index contributed by atoms with van der Waals surface area (Å²) in [5.41, 5.74) is 0. The van der Waals surface area contributed by atoms with Gasteiger partial charge in [0.05, 0.1) is 0 Å². The maximum atomic E-state index is 12.8. The van der Waals surface area contributed by atoms with Crippen LogP contribution >= 0.6 is 0 Å². The topological polar surface area (TPSA) is 78.9 Å². The van der Waals surface area contributed by atoms with E-state index in [1.54, 1.807) is 0 Å². The highest BCUT2D eigenvalue weighted by Gasteiger charge is 2.19. The second-order valence-electron chi connectivity index (χ2n) is 18.2. The van der Waals surface area contributed by atoms with Gasteiger partial charge in [0.15, 0.2) is 6.10 Å². The number of unbranched alkanes of at least 4 members (excludes halogenated alkanes) is 33. The first kappa shape index (κ1) is 59.6. The van der Waals surface area contributed by atoms with Crippen molar-refractivity contribution in [2.45, 2.75) is 290 Å². The average Bonchev–Trinajstić information content (AvgIpc) is 3.27. The Morgan fingerprint density at radius 3 is 0.952 bits per heavy atom. The highest BCUT2D eigenvalue weighted by molar-refractivity contribution is 5.71. The summed E-state index contributed by atoms with van der Waals surface area (Å²) in [4.78, 5) is 38.0. The molecule has 0 aliphatic rings. The van der Waals surface area contributed by atoms with Crippen LogP contribution in [0.3, 0.4) is 0 Å². The van der Waals surface area contributed by atoms with Crippen LogP contribution in [-0.4, -0.2) is 37.2 Å². The summed E-state index contributed by atoms with van der Waals surface area (Å²) in [7, 11) is 0. The molecular weight excluding hydrogens is 769 g/mol. The predicted molar refractivity (Wildman–Crippen MR) is 266 cm³/mol. The van der Waals surface area contributed by atoms with Gasteiger partial charge in [-0.25, -0.2) is 0 Å². The number of esters is 3. The predicted octanol–water partition coefficient (Wildman–Crippen LogP) is 17.7. The van der Waals surface area contributed by atoms with E-state index in [4.69, 9.17) is 14.2 Å². The van der Waals surface area contributed by atoms with E-state index in [1.807, 2.05) is 0 Å². The molecule has 0 aliphatic heterocycles. The molecule has 0 N–H and O–H groups in total. The van der Waals surface area contributed by atoms with Gasteiger partial charge in [-0.3, -0.25) is 14.4 Å². The van der Waals surface area contributed by atoms with E-state index in [1.165, 1.54) is 161 Å². The molecule has 0 rings (SSSR count). The molecule has 0 bridgehead atoms. The van der Waals surface area contributed by atoms with E-state index in [0.717, 1.165) is 83.5 Å². The lowest BCUT2D eigenvalue weighted by molar-refractivity contribution is -0.167. The fourth-order valence-electron chi connectivity index (χ4n) is 7.77. The second kappa shape index (κ2) is 51.3. The zero-order valence-corrected chi connectivity index (χ0v) is 41.4.